The van der Waals surface area contributed by atoms with E-state index in [1.165, 1.54) is 38.5 Å². The van der Waals surface area contributed by atoms with Crippen molar-refractivity contribution >= 4 is 0 Å². The highest BCUT2D eigenvalue weighted by Gasteiger charge is 2.64. The maximum atomic E-state index is 5.53. The Morgan fingerprint density at radius 1 is 0.941 bits per heavy atom. The first-order valence-corrected chi connectivity index (χ1v) is 7.65. The summed E-state index contributed by atoms with van der Waals surface area (Å²) >= 11 is 0. The molecular weight excluding hydrogens is 210 g/mol. The minimum atomic E-state index is 0.525. The van der Waals surface area contributed by atoms with Crippen LogP contribution in [0.5, 0.6) is 0 Å². The molecular formula is C15H25NO. The van der Waals surface area contributed by atoms with Crippen molar-refractivity contribution in [2.45, 2.75) is 63.1 Å². The average Bonchev–Trinajstić information content (AvgIpc) is 2.76. The monoisotopic (exact) mass is 235 g/mol. The molecule has 0 aliphatic heterocycles. The molecule has 0 aromatic rings. The standard InChI is InChI=1S/C15H25NO/c1-17-12-4-2-3-11(8-12)16-15-13-9-5-6-10(7-9)14(13)15/h9-16H,2-8H2,1H3. The van der Waals surface area contributed by atoms with Crippen molar-refractivity contribution in [2.75, 3.05) is 7.11 Å². The first kappa shape index (κ1) is 10.8. The van der Waals surface area contributed by atoms with E-state index in [1.54, 1.807) is 6.42 Å². The molecule has 1 N–H and O–H groups in total. The van der Waals surface area contributed by atoms with Crippen molar-refractivity contribution in [3.05, 3.63) is 0 Å². The van der Waals surface area contributed by atoms with E-state index in [2.05, 4.69) is 5.32 Å². The predicted octanol–water partition coefficient (Wildman–Crippen LogP) is 2.58. The molecule has 0 saturated heterocycles. The van der Waals surface area contributed by atoms with Crippen LogP contribution >= 0.6 is 0 Å². The van der Waals surface area contributed by atoms with Crippen LogP contribution in [-0.4, -0.2) is 25.3 Å². The van der Waals surface area contributed by atoms with Gasteiger partial charge in [0.05, 0.1) is 6.10 Å². The SMILES string of the molecule is COC1CCCC(NC2C3C4CCC(C4)C23)C1. The van der Waals surface area contributed by atoms with Gasteiger partial charge in [-0.2, -0.15) is 0 Å². The number of ether oxygens (including phenoxy) is 1. The zero-order chi connectivity index (χ0) is 11.4. The summed E-state index contributed by atoms with van der Waals surface area (Å²) in [7, 11) is 1.87. The second-order valence-corrected chi connectivity index (χ2v) is 6.90. The highest BCUT2D eigenvalue weighted by molar-refractivity contribution is 5.17. The average molecular weight is 235 g/mol. The minimum absolute atomic E-state index is 0.525. The predicted molar refractivity (Wildman–Crippen MR) is 67.8 cm³/mol. The van der Waals surface area contributed by atoms with Crippen LogP contribution in [0.1, 0.15) is 44.9 Å². The molecule has 4 saturated carbocycles. The molecule has 2 nitrogen and oxygen atoms in total. The Balaban J connectivity index is 1.34. The first-order chi connectivity index (χ1) is 8.36. The van der Waals surface area contributed by atoms with Crippen molar-refractivity contribution in [1.82, 2.24) is 5.32 Å². The van der Waals surface area contributed by atoms with Gasteiger partial charge in [-0.25, -0.2) is 0 Å². The fraction of sp³-hybridized carbons (Fsp3) is 1.00. The van der Waals surface area contributed by atoms with Gasteiger partial charge in [0.1, 0.15) is 0 Å². The Morgan fingerprint density at radius 2 is 1.71 bits per heavy atom. The maximum absolute atomic E-state index is 5.53. The van der Waals surface area contributed by atoms with Gasteiger partial charge in [-0.1, -0.05) is 0 Å². The van der Waals surface area contributed by atoms with Crippen LogP contribution in [0.3, 0.4) is 0 Å². The molecule has 2 bridgehead atoms. The molecule has 0 aromatic heterocycles. The third-order valence-corrected chi connectivity index (χ3v) is 6.12. The van der Waals surface area contributed by atoms with E-state index in [0.29, 0.717) is 6.10 Å². The van der Waals surface area contributed by atoms with Crippen molar-refractivity contribution in [3.63, 3.8) is 0 Å². The maximum Gasteiger partial charge on any atom is 0.0586 e. The molecule has 0 spiro atoms. The Bertz CT molecular complexity index is 289. The van der Waals surface area contributed by atoms with E-state index in [9.17, 15) is 0 Å². The molecule has 4 aliphatic carbocycles. The van der Waals surface area contributed by atoms with Gasteiger partial charge < -0.3 is 10.1 Å². The lowest BCUT2D eigenvalue weighted by Crippen LogP contribution is -2.39. The Kier molecular flexibility index (Phi) is 2.52. The van der Waals surface area contributed by atoms with Crippen LogP contribution in [0.25, 0.3) is 0 Å². The van der Waals surface area contributed by atoms with Crippen molar-refractivity contribution < 1.29 is 4.74 Å². The summed E-state index contributed by atoms with van der Waals surface area (Å²) in [5.41, 5.74) is 0. The highest BCUT2D eigenvalue weighted by Crippen LogP contribution is 2.65. The van der Waals surface area contributed by atoms with Gasteiger partial charge in [0.2, 0.25) is 0 Å². The molecule has 6 unspecified atom stereocenters. The summed E-state index contributed by atoms with van der Waals surface area (Å²) in [5, 5.41) is 3.98. The van der Waals surface area contributed by atoms with E-state index in [0.717, 1.165) is 35.8 Å². The highest BCUT2D eigenvalue weighted by atomic mass is 16.5. The van der Waals surface area contributed by atoms with E-state index in [4.69, 9.17) is 4.74 Å². The summed E-state index contributed by atoms with van der Waals surface area (Å²) in [6, 6.07) is 1.66. The molecule has 17 heavy (non-hydrogen) atoms. The summed E-state index contributed by atoms with van der Waals surface area (Å²) in [5.74, 6) is 4.36. The number of rotatable bonds is 3. The summed E-state index contributed by atoms with van der Waals surface area (Å²) < 4.78 is 5.53. The van der Waals surface area contributed by atoms with E-state index < -0.39 is 0 Å². The van der Waals surface area contributed by atoms with Gasteiger partial charge in [0.25, 0.3) is 0 Å². The van der Waals surface area contributed by atoms with Crippen molar-refractivity contribution in [3.8, 4) is 0 Å². The van der Waals surface area contributed by atoms with Crippen LogP contribution in [0.15, 0.2) is 0 Å². The molecule has 0 amide bonds. The van der Waals surface area contributed by atoms with Gasteiger partial charge in [-0.05, 0) is 68.6 Å². The number of hydrogen-bond acceptors (Lipinski definition) is 2. The van der Waals surface area contributed by atoms with Gasteiger partial charge in [-0.15, -0.1) is 0 Å². The number of hydrogen-bond donors (Lipinski definition) is 1. The van der Waals surface area contributed by atoms with Crippen molar-refractivity contribution in [1.29, 1.82) is 0 Å². The third kappa shape index (κ3) is 1.67. The molecule has 4 fully saturated rings. The number of nitrogens with one attached hydrogen (secondary N) is 1. The zero-order valence-corrected chi connectivity index (χ0v) is 10.9. The molecule has 4 aliphatic rings. The second-order valence-electron chi connectivity index (χ2n) is 6.90. The molecule has 96 valence electrons. The van der Waals surface area contributed by atoms with Crippen LogP contribution in [0.2, 0.25) is 0 Å². The molecule has 0 radical (unpaired) electrons. The largest absolute Gasteiger partial charge is 0.381 e. The second kappa shape index (κ2) is 3.96. The molecule has 2 heteroatoms. The lowest BCUT2D eigenvalue weighted by atomic mass is 9.92. The molecule has 0 aromatic carbocycles. The van der Waals surface area contributed by atoms with Crippen LogP contribution in [0.4, 0.5) is 0 Å². The fourth-order valence-electron chi connectivity index (χ4n) is 5.33. The van der Waals surface area contributed by atoms with E-state index in [-0.39, 0.29) is 0 Å². The van der Waals surface area contributed by atoms with Crippen LogP contribution < -0.4 is 5.32 Å². The van der Waals surface area contributed by atoms with Gasteiger partial charge >= 0.3 is 0 Å². The quantitative estimate of drug-likeness (QED) is 0.812. The zero-order valence-electron chi connectivity index (χ0n) is 10.9. The summed E-state index contributed by atoms with van der Waals surface area (Å²) in [6.45, 7) is 0. The Labute approximate surface area is 104 Å². The topological polar surface area (TPSA) is 21.3 Å². The third-order valence-electron chi connectivity index (χ3n) is 6.12. The lowest BCUT2D eigenvalue weighted by molar-refractivity contribution is 0.0578. The van der Waals surface area contributed by atoms with Gasteiger partial charge in [-0.3, -0.25) is 0 Å². The number of fused-ring (bicyclic) bond motifs is 5. The van der Waals surface area contributed by atoms with E-state index in [1.807, 2.05) is 7.11 Å². The summed E-state index contributed by atoms with van der Waals surface area (Å²) in [6.07, 6.45) is 10.4. The molecule has 4 rings (SSSR count). The van der Waals surface area contributed by atoms with Crippen LogP contribution in [0, 0.1) is 23.7 Å². The Morgan fingerprint density at radius 3 is 2.41 bits per heavy atom. The molecule has 6 atom stereocenters. The fourth-order valence-corrected chi connectivity index (χ4v) is 5.33. The number of methoxy groups -OCH3 is 1. The Hall–Kier alpha value is -0.0800. The normalized spacial score (nSPS) is 55.9. The van der Waals surface area contributed by atoms with E-state index >= 15 is 0 Å². The van der Waals surface area contributed by atoms with Crippen molar-refractivity contribution in [2.24, 2.45) is 23.7 Å². The van der Waals surface area contributed by atoms with Crippen LogP contribution in [-0.2, 0) is 4.74 Å². The summed E-state index contributed by atoms with van der Waals surface area (Å²) in [4.78, 5) is 0. The lowest BCUT2D eigenvalue weighted by Gasteiger charge is -2.29. The first-order valence-electron chi connectivity index (χ1n) is 7.65. The van der Waals surface area contributed by atoms with Gasteiger partial charge in [0.15, 0.2) is 0 Å². The molecule has 0 heterocycles. The van der Waals surface area contributed by atoms with Gasteiger partial charge in [0, 0.05) is 19.2 Å². The smallest absolute Gasteiger partial charge is 0.0586 e. The minimum Gasteiger partial charge on any atom is -0.381 e.